The predicted octanol–water partition coefficient (Wildman–Crippen LogP) is 12.8. The molecule has 0 fully saturated rings. The molecule has 274 valence electrons. The second-order valence-corrected chi connectivity index (χ2v) is 14.7. The third-order valence-electron chi connectivity index (χ3n) is 11.4. The Hall–Kier alpha value is -8.34. The van der Waals surface area contributed by atoms with Crippen molar-refractivity contribution in [2.75, 3.05) is 0 Å². The number of furan rings is 1. The highest BCUT2D eigenvalue weighted by molar-refractivity contribution is 6.21. The molecular weight excluding hydrogens is 725 g/mol. The minimum Gasteiger partial charge on any atom is -0.455 e. The molecule has 0 saturated heterocycles. The molecule has 4 heterocycles. The summed E-state index contributed by atoms with van der Waals surface area (Å²) in [5.74, 6) is 1.37. The fourth-order valence-corrected chi connectivity index (χ4v) is 8.83. The molecule has 0 aliphatic carbocycles. The number of nitriles is 1. The van der Waals surface area contributed by atoms with Crippen LogP contribution >= 0.6 is 0 Å². The van der Waals surface area contributed by atoms with Crippen LogP contribution in [0.5, 0.6) is 0 Å². The standard InChI is InChI=1S/C52H30N6O/c53-31-34-28-45(58-42-26-14-11-23-37(42)40-29-39-36-22-10-13-25-41(36)57(43(39)30-44(40)58)35-20-8-3-9-21-35)48-38-24-12-15-27-46(38)59-49(48)47(34)52-55-50(32-16-4-1-5-17-32)54-51(56-52)33-18-6-2-7-19-33/h1-30H. The lowest BCUT2D eigenvalue weighted by atomic mass is 10.00. The largest absolute Gasteiger partial charge is 0.455 e. The molecule has 0 aliphatic heterocycles. The van der Waals surface area contributed by atoms with Crippen LogP contribution in [-0.4, -0.2) is 24.1 Å². The first-order valence-corrected chi connectivity index (χ1v) is 19.5. The van der Waals surface area contributed by atoms with E-state index in [9.17, 15) is 5.26 Å². The number of rotatable bonds is 5. The summed E-state index contributed by atoms with van der Waals surface area (Å²) in [5.41, 5.74) is 10.0. The molecule has 0 spiro atoms. The van der Waals surface area contributed by atoms with E-state index in [0.29, 0.717) is 39.8 Å². The van der Waals surface area contributed by atoms with Gasteiger partial charge in [0.1, 0.15) is 17.2 Å². The van der Waals surface area contributed by atoms with Gasteiger partial charge in [-0.05, 0) is 48.5 Å². The van der Waals surface area contributed by atoms with Gasteiger partial charge >= 0.3 is 0 Å². The van der Waals surface area contributed by atoms with Gasteiger partial charge in [-0.15, -0.1) is 0 Å². The minimum absolute atomic E-state index is 0.362. The van der Waals surface area contributed by atoms with Gasteiger partial charge in [-0.3, -0.25) is 0 Å². The quantitative estimate of drug-likeness (QED) is 0.175. The van der Waals surface area contributed by atoms with Crippen molar-refractivity contribution in [3.05, 3.63) is 188 Å². The van der Waals surface area contributed by atoms with Crippen molar-refractivity contribution in [1.82, 2.24) is 24.1 Å². The number of benzene rings is 8. The number of aromatic nitrogens is 5. The monoisotopic (exact) mass is 754 g/mol. The molecule has 7 nitrogen and oxygen atoms in total. The average molecular weight is 755 g/mol. The molecular formula is C52H30N6O. The van der Waals surface area contributed by atoms with E-state index in [1.807, 2.05) is 91.0 Å². The second kappa shape index (κ2) is 12.8. The van der Waals surface area contributed by atoms with Gasteiger partial charge in [-0.25, -0.2) is 15.0 Å². The molecule has 0 aliphatic rings. The Balaban J connectivity index is 1.21. The zero-order valence-electron chi connectivity index (χ0n) is 31.4. The normalized spacial score (nSPS) is 11.7. The lowest BCUT2D eigenvalue weighted by Gasteiger charge is -2.14. The van der Waals surface area contributed by atoms with Crippen LogP contribution in [0.2, 0.25) is 0 Å². The Morgan fingerprint density at radius 2 is 0.949 bits per heavy atom. The first kappa shape index (κ1) is 32.9. The zero-order valence-corrected chi connectivity index (χ0v) is 31.4. The summed E-state index contributed by atoms with van der Waals surface area (Å²) in [7, 11) is 0. The summed E-state index contributed by atoms with van der Waals surface area (Å²) in [6.07, 6.45) is 0. The fourth-order valence-electron chi connectivity index (χ4n) is 8.83. The van der Waals surface area contributed by atoms with Gasteiger partial charge in [-0.1, -0.05) is 133 Å². The number of para-hydroxylation sites is 4. The number of hydrogen-bond acceptors (Lipinski definition) is 5. The van der Waals surface area contributed by atoms with E-state index in [4.69, 9.17) is 19.4 Å². The van der Waals surface area contributed by atoms with Crippen molar-refractivity contribution in [2.24, 2.45) is 0 Å². The van der Waals surface area contributed by atoms with Crippen molar-refractivity contribution < 1.29 is 4.42 Å². The predicted molar refractivity (Wildman–Crippen MR) is 237 cm³/mol. The van der Waals surface area contributed by atoms with Gasteiger partial charge in [0.15, 0.2) is 17.5 Å². The van der Waals surface area contributed by atoms with Gasteiger partial charge in [0.05, 0.1) is 44.3 Å². The molecule has 7 heteroatoms. The van der Waals surface area contributed by atoms with Crippen LogP contribution in [0.4, 0.5) is 0 Å². The van der Waals surface area contributed by atoms with Crippen LogP contribution in [0.25, 0.3) is 111 Å². The third kappa shape index (κ3) is 4.97. The number of fused-ring (bicyclic) bond motifs is 9. The summed E-state index contributed by atoms with van der Waals surface area (Å²) < 4.78 is 11.5. The lowest BCUT2D eigenvalue weighted by molar-refractivity contribution is 0.669. The van der Waals surface area contributed by atoms with Crippen molar-refractivity contribution >= 4 is 65.6 Å². The molecule has 0 amide bonds. The van der Waals surface area contributed by atoms with Crippen molar-refractivity contribution in [3.63, 3.8) is 0 Å². The van der Waals surface area contributed by atoms with E-state index in [-0.39, 0.29) is 0 Å². The first-order chi connectivity index (χ1) is 29.2. The van der Waals surface area contributed by atoms with Crippen LogP contribution in [0.1, 0.15) is 5.56 Å². The van der Waals surface area contributed by atoms with E-state index in [0.717, 1.165) is 66.1 Å². The topological polar surface area (TPSA) is 85.5 Å². The van der Waals surface area contributed by atoms with Gasteiger partial charge in [0, 0.05) is 43.7 Å². The van der Waals surface area contributed by atoms with Crippen molar-refractivity contribution in [1.29, 1.82) is 5.26 Å². The van der Waals surface area contributed by atoms with Gasteiger partial charge in [-0.2, -0.15) is 5.26 Å². The molecule has 0 N–H and O–H groups in total. The van der Waals surface area contributed by atoms with E-state index in [1.165, 1.54) is 10.8 Å². The average Bonchev–Trinajstić information content (AvgIpc) is 3.96. The Morgan fingerprint density at radius 3 is 1.58 bits per heavy atom. The first-order valence-electron chi connectivity index (χ1n) is 19.5. The molecule has 8 aromatic carbocycles. The summed E-state index contributed by atoms with van der Waals surface area (Å²) >= 11 is 0. The molecule has 4 aromatic heterocycles. The molecule has 0 atom stereocenters. The summed E-state index contributed by atoms with van der Waals surface area (Å²) in [6, 6.07) is 64.5. The van der Waals surface area contributed by atoms with E-state index >= 15 is 0 Å². The van der Waals surface area contributed by atoms with Crippen LogP contribution < -0.4 is 0 Å². The van der Waals surface area contributed by atoms with Crippen LogP contribution in [-0.2, 0) is 0 Å². The summed E-state index contributed by atoms with van der Waals surface area (Å²) in [5, 5.41) is 17.5. The van der Waals surface area contributed by atoms with Gasteiger partial charge in [0.25, 0.3) is 0 Å². The molecule has 0 saturated carbocycles. The SMILES string of the molecule is N#Cc1cc(-n2c3ccccc3c3cc4c5ccccc5n(-c5ccccc5)c4cc32)c2c(oc3ccccc32)c1-c1nc(-c2ccccc2)nc(-c2ccccc2)n1. The highest BCUT2D eigenvalue weighted by atomic mass is 16.3. The third-order valence-corrected chi connectivity index (χ3v) is 11.4. The lowest BCUT2D eigenvalue weighted by Crippen LogP contribution is -2.03. The number of hydrogen-bond donors (Lipinski definition) is 0. The van der Waals surface area contributed by atoms with Crippen molar-refractivity contribution in [2.45, 2.75) is 0 Å². The second-order valence-electron chi connectivity index (χ2n) is 14.7. The Bertz CT molecular complexity index is 3610. The molecule has 12 aromatic rings. The maximum atomic E-state index is 11.1. The molecule has 12 rings (SSSR count). The van der Waals surface area contributed by atoms with E-state index < -0.39 is 0 Å². The molecule has 0 radical (unpaired) electrons. The van der Waals surface area contributed by atoms with Crippen LogP contribution in [0.3, 0.4) is 0 Å². The van der Waals surface area contributed by atoms with Crippen molar-refractivity contribution in [3.8, 4) is 51.6 Å². The highest BCUT2D eigenvalue weighted by Crippen LogP contribution is 2.45. The summed E-state index contributed by atoms with van der Waals surface area (Å²) in [4.78, 5) is 15.1. The van der Waals surface area contributed by atoms with Crippen LogP contribution in [0.15, 0.2) is 186 Å². The van der Waals surface area contributed by atoms with Gasteiger partial charge in [0.2, 0.25) is 0 Å². The maximum Gasteiger partial charge on any atom is 0.169 e. The Kier molecular flexibility index (Phi) is 7.16. The molecule has 0 bridgehead atoms. The highest BCUT2D eigenvalue weighted by Gasteiger charge is 2.27. The minimum atomic E-state index is 0.362. The van der Waals surface area contributed by atoms with Gasteiger partial charge < -0.3 is 13.6 Å². The smallest absolute Gasteiger partial charge is 0.169 e. The number of nitrogens with zero attached hydrogens (tertiary/aromatic N) is 6. The van der Waals surface area contributed by atoms with E-state index in [1.54, 1.807) is 0 Å². The fraction of sp³-hybridized carbons (Fsp3) is 0. The van der Waals surface area contributed by atoms with Crippen LogP contribution in [0, 0.1) is 11.3 Å². The summed E-state index contributed by atoms with van der Waals surface area (Å²) in [6.45, 7) is 0. The Morgan fingerprint density at radius 1 is 0.441 bits per heavy atom. The Labute approximate surface area is 337 Å². The molecule has 59 heavy (non-hydrogen) atoms. The maximum absolute atomic E-state index is 11.1. The zero-order chi connectivity index (χ0) is 39.0. The molecule has 0 unspecified atom stereocenters. The van der Waals surface area contributed by atoms with E-state index in [2.05, 4.69) is 106 Å².